The van der Waals surface area contributed by atoms with Crippen LogP contribution in [0.3, 0.4) is 0 Å². The summed E-state index contributed by atoms with van der Waals surface area (Å²) in [6, 6.07) is 8.23. The standard InChI is InChI=1S/C10H4Cl2N2S/c11-8-1-6(2-9(12)3-8)10(15)7(4-13)5-14/h1-3,15H. The highest BCUT2D eigenvalue weighted by atomic mass is 35.5. The minimum Gasteiger partial charge on any atom is -0.192 e. The van der Waals surface area contributed by atoms with Crippen LogP contribution >= 0.6 is 35.8 Å². The van der Waals surface area contributed by atoms with Gasteiger partial charge in [0.05, 0.1) is 0 Å². The first-order chi connectivity index (χ1) is 7.08. The Morgan fingerprint density at radius 2 is 1.53 bits per heavy atom. The smallest absolute Gasteiger partial charge is 0.143 e. The number of halogens is 2. The Labute approximate surface area is 103 Å². The summed E-state index contributed by atoms with van der Waals surface area (Å²) in [5.74, 6) is 0. The third kappa shape index (κ3) is 2.91. The lowest BCUT2D eigenvalue weighted by Gasteiger charge is -2.02. The van der Waals surface area contributed by atoms with Gasteiger partial charge in [-0.25, -0.2) is 0 Å². The van der Waals surface area contributed by atoms with Gasteiger partial charge < -0.3 is 0 Å². The van der Waals surface area contributed by atoms with E-state index in [0.29, 0.717) is 15.6 Å². The van der Waals surface area contributed by atoms with Gasteiger partial charge in [-0.15, -0.1) is 12.6 Å². The number of nitriles is 2. The Morgan fingerprint density at radius 3 is 1.93 bits per heavy atom. The average molecular weight is 255 g/mol. The molecule has 0 unspecified atom stereocenters. The largest absolute Gasteiger partial charge is 0.192 e. The summed E-state index contributed by atoms with van der Waals surface area (Å²) >= 11 is 15.6. The number of benzene rings is 1. The summed E-state index contributed by atoms with van der Waals surface area (Å²) in [4.78, 5) is 0.268. The van der Waals surface area contributed by atoms with E-state index in [1.165, 1.54) is 0 Å². The van der Waals surface area contributed by atoms with E-state index in [9.17, 15) is 0 Å². The lowest BCUT2D eigenvalue weighted by atomic mass is 10.1. The van der Waals surface area contributed by atoms with Crippen molar-refractivity contribution in [3.63, 3.8) is 0 Å². The minimum atomic E-state index is -0.0725. The van der Waals surface area contributed by atoms with Crippen molar-refractivity contribution in [2.45, 2.75) is 0 Å². The molecule has 0 aliphatic carbocycles. The van der Waals surface area contributed by atoms with Crippen LogP contribution in [0.5, 0.6) is 0 Å². The maximum Gasteiger partial charge on any atom is 0.143 e. The molecule has 0 bridgehead atoms. The van der Waals surface area contributed by atoms with Gasteiger partial charge in [0.1, 0.15) is 17.7 Å². The Morgan fingerprint density at radius 1 is 1.07 bits per heavy atom. The van der Waals surface area contributed by atoms with E-state index >= 15 is 0 Å². The van der Waals surface area contributed by atoms with Crippen LogP contribution in [0.2, 0.25) is 10.0 Å². The Balaban J connectivity index is 3.36. The van der Waals surface area contributed by atoms with Crippen molar-refractivity contribution in [2.24, 2.45) is 0 Å². The van der Waals surface area contributed by atoms with E-state index in [1.807, 2.05) is 0 Å². The van der Waals surface area contributed by atoms with Crippen LogP contribution in [-0.4, -0.2) is 0 Å². The van der Waals surface area contributed by atoms with E-state index in [2.05, 4.69) is 12.6 Å². The Hall–Kier alpha value is -1.13. The van der Waals surface area contributed by atoms with Gasteiger partial charge in [-0.1, -0.05) is 23.2 Å². The third-order valence-corrected chi connectivity index (χ3v) is 2.51. The topological polar surface area (TPSA) is 47.6 Å². The molecule has 0 heterocycles. The summed E-state index contributed by atoms with van der Waals surface area (Å²) in [5, 5.41) is 18.2. The Bertz CT molecular complexity index is 473. The highest BCUT2D eigenvalue weighted by Gasteiger charge is 2.06. The lowest BCUT2D eigenvalue weighted by molar-refractivity contribution is 1.47. The molecule has 0 aliphatic heterocycles. The number of thiol groups is 1. The summed E-state index contributed by atoms with van der Waals surface area (Å²) in [6.07, 6.45) is 0. The van der Waals surface area contributed by atoms with Gasteiger partial charge in [0, 0.05) is 15.0 Å². The molecule has 0 spiro atoms. The minimum absolute atomic E-state index is 0.0725. The molecule has 0 saturated carbocycles. The van der Waals surface area contributed by atoms with Crippen LogP contribution in [0.1, 0.15) is 5.56 Å². The van der Waals surface area contributed by atoms with Gasteiger partial charge in [0.15, 0.2) is 0 Å². The van der Waals surface area contributed by atoms with Crippen molar-refractivity contribution in [3.8, 4) is 12.1 Å². The van der Waals surface area contributed by atoms with E-state index < -0.39 is 0 Å². The second-order valence-electron chi connectivity index (χ2n) is 2.61. The maximum atomic E-state index is 8.65. The summed E-state index contributed by atoms with van der Waals surface area (Å²) in [7, 11) is 0. The molecule has 0 radical (unpaired) electrons. The number of allylic oxidation sites excluding steroid dienone is 1. The highest BCUT2D eigenvalue weighted by Crippen LogP contribution is 2.28. The van der Waals surface area contributed by atoms with Crippen LogP contribution in [0.15, 0.2) is 23.8 Å². The van der Waals surface area contributed by atoms with Crippen LogP contribution in [0, 0.1) is 22.7 Å². The van der Waals surface area contributed by atoms with Gasteiger partial charge >= 0.3 is 0 Å². The summed E-state index contributed by atoms with van der Waals surface area (Å²) < 4.78 is 0. The van der Waals surface area contributed by atoms with Crippen molar-refractivity contribution >= 4 is 40.7 Å². The van der Waals surface area contributed by atoms with Gasteiger partial charge in [-0.2, -0.15) is 10.5 Å². The fourth-order valence-electron chi connectivity index (χ4n) is 0.966. The molecule has 0 saturated heterocycles. The van der Waals surface area contributed by atoms with Crippen molar-refractivity contribution in [2.75, 3.05) is 0 Å². The van der Waals surface area contributed by atoms with Crippen molar-refractivity contribution in [3.05, 3.63) is 39.4 Å². The number of hydrogen-bond acceptors (Lipinski definition) is 3. The zero-order chi connectivity index (χ0) is 11.4. The van der Waals surface area contributed by atoms with Gasteiger partial charge in [-0.3, -0.25) is 0 Å². The molecule has 0 amide bonds. The van der Waals surface area contributed by atoms with Crippen LogP contribution in [0.4, 0.5) is 0 Å². The zero-order valence-electron chi connectivity index (χ0n) is 7.33. The average Bonchev–Trinajstić information content (AvgIpc) is 2.18. The van der Waals surface area contributed by atoms with E-state index in [4.69, 9.17) is 33.7 Å². The van der Waals surface area contributed by atoms with Crippen LogP contribution in [0.25, 0.3) is 4.91 Å². The molecule has 2 nitrogen and oxygen atoms in total. The van der Waals surface area contributed by atoms with Gasteiger partial charge in [-0.05, 0) is 23.8 Å². The molecule has 0 N–H and O–H groups in total. The van der Waals surface area contributed by atoms with E-state index in [1.54, 1.807) is 30.3 Å². The van der Waals surface area contributed by atoms with E-state index in [0.717, 1.165) is 0 Å². The van der Waals surface area contributed by atoms with Crippen LogP contribution < -0.4 is 0 Å². The second-order valence-corrected chi connectivity index (χ2v) is 3.93. The molecule has 74 valence electrons. The molecule has 1 aromatic carbocycles. The maximum absolute atomic E-state index is 8.65. The second kappa shape index (κ2) is 5.09. The molecule has 1 aromatic rings. The summed E-state index contributed by atoms with van der Waals surface area (Å²) in [6.45, 7) is 0. The normalized spacial score (nSPS) is 8.87. The van der Waals surface area contributed by atoms with Gasteiger partial charge in [0.25, 0.3) is 0 Å². The highest BCUT2D eigenvalue weighted by molar-refractivity contribution is 7.90. The molecule has 0 aromatic heterocycles. The molecular formula is C10H4Cl2N2S. The molecule has 1 rings (SSSR count). The number of nitrogens with zero attached hydrogens (tertiary/aromatic N) is 2. The predicted molar refractivity (Wildman–Crippen MR) is 63.6 cm³/mol. The third-order valence-electron chi connectivity index (χ3n) is 1.60. The first-order valence-electron chi connectivity index (χ1n) is 3.78. The van der Waals surface area contributed by atoms with Crippen LogP contribution in [-0.2, 0) is 0 Å². The van der Waals surface area contributed by atoms with Gasteiger partial charge in [0.2, 0.25) is 0 Å². The molecule has 0 fully saturated rings. The molecular weight excluding hydrogens is 251 g/mol. The lowest BCUT2D eigenvalue weighted by Crippen LogP contribution is -1.83. The monoisotopic (exact) mass is 254 g/mol. The number of hydrogen-bond donors (Lipinski definition) is 1. The van der Waals surface area contributed by atoms with Crippen molar-refractivity contribution < 1.29 is 0 Å². The SMILES string of the molecule is N#CC(C#N)=C(S)c1cc(Cl)cc(Cl)c1. The van der Waals surface area contributed by atoms with E-state index in [-0.39, 0.29) is 10.5 Å². The quantitative estimate of drug-likeness (QED) is 0.614. The van der Waals surface area contributed by atoms with Crippen molar-refractivity contribution in [1.29, 1.82) is 10.5 Å². The first-order valence-corrected chi connectivity index (χ1v) is 4.98. The van der Waals surface area contributed by atoms with Crippen molar-refractivity contribution in [1.82, 2.24) is 0 Å². The Kier molecular flexibility index (Phi) is 4.05. The molecule has 5 heteroatoms. The summed E-state index contributed by atoms with van der Waals surface area (Å²) in [5.41, 5.74) is 0.477. The fourth-order valence-corrected chi connectivity index (χ4v) is 1.72. The number of rotatable bonds is 1. The fraction of sp³-hybridized carbons (Fsp3) is 0. The molecule has 0 aliphatic rings. The molecule has 15 heavy (non-hydrogen) atoms. The first kappa shape index (κ1) is 11.9. The zero-order valence-corrected chi connectivity index (χ0v) is 9.74. The molecule has 0 atom stereocenters. The predicted octanol–water partition coefficient (Wildman–Crippen LogP) is 3.68.